The number of nitrogens with one attached hydrogen (secondary N) is 2. The van der Waals surface area contributed by atoms with E-state index in [9.17, 15) is 14.4 Å². The van der Waals surface area contributed by atoms with E-state index in [1.165, 1.54) is 18.2 Å². The Morgan fingerprint density at radius 3 is 2.25 bits per heavy atom. The van der Waals surface area contributed by atoms with E-state index in [0.29, 0.717) is 10.6 Å². The molecule has 2 aromatic carbocycles. The SMILES string of the molecule is O=C(COC(=O)c1ccc(Cl)c(Cl)c1)NNC(=O)c1ccccc1. The standard InChI is InChI=1S/C16H12Cl2N2O4/c17-12-7-6-11(8-13(12)18)16(23)24-9-14(21)19-20-15(22)10-4-2-1-3-5-10/h1-8H,9H2,(H,19,21)(H,20,22). The Labute approximate surface area is 147 Å². The Balaban J connectivity index is 1.79. The number of halogens is 2. The summed E-state index contributed by atoms with van der Waals surface area (Å²) in [5.74, 6) is -1.91. The lowest BCUT2D eigenvalue weighted by atomic mass is 10.2. The summed E-state index contributed by atoms with van der Waals surface area (Å²) >= 11 is 11.5. The van der Waals surface area contributed by atoms with Crippen LogP contribution in [0.3, 0.4) is 0 Å². The number of hydrazine groups is 1. The Kier molecular flexibility index (Phi) is 6.17. The Morgan fingerprint density at radius 2 is 1.58 bits per heavy atom. The van der Waals surface area contributed by atoms with E-state index in [4.69, 9.17) is 27.9 Å². The smallest absolute Gasteiger partial charge is 0.338 e. The maximum atomic E-state index is 11.8. The molecule has 0 unspecified atom stereocenters. The van der Waals surface area contributed by atoms with Crippen molar-refractivity contribution in [3.8, 4) is 0 Å². The molecule has 6 nitrogen and oxygen atoms in total. The zero-order valence-electron chi connectivity index (χ0n) is 12.2. The highest BCUT2D eigenvalue weighted by Crippen LogP contribution is 2.22. The van der Waals surface area contributed by atoms with Crippen molar-refractivity contribution < 1.29 is 19.1 Å². The van der Waals surface area contributed by atoms with Crippen LogP contribution in [-0.4, -0.2) is 24.4 Å². The van der Waals surface area contributed by atoms with E-state index < -0.39 is 24.4 Å². The minimum absolute atomic E-state index is 0.158. The van der Waals surface area contributed by atoms with E-state index in [1.807, 2.05) is 0 Å². The van der Waals surface area contributed by atoms with Crippen LogP contribution in [0, 0.1) is 0 Å². The number of rotatable bonds is 4. The van der Waals surface area contributed by atoms with Gasteiger partial charge in [0.2, 0.25) is 0 Å². The van der Waals surface area contributed by atoms with Gasteiger partial charge in [0.25, 0.3) is 11.8 Å². The zero-order chi connectivity index (χ0) is 17.5. The summed E-state index contributed by atoms with van der Waals surface area (Å²) in [6, 6.07) is 12.5. The lowest BCUT2D eigenvalue weighted by molar-refractivity contribution is -0.125. The summed E-state index contributed by atoms with van der Waals surface area (Å²) in [5.41, 5.74) is 4.89. The molecule has 0 fully saturated rings. The van der Waals surface area contributed by atoms with Crippen LogP contribution in [0.4, 0.5) is 0 Å². The summed E-state index contributed by atoms with van der Waals surface area (Å²) in [5, 5.41) is 0.500. The fraction of sp³-hybridized carbons (Fsp3) is 0.0625. The first-order chi connectivity index (χ1) is 11.5. The monoisotopic (exact) mass is 366 g/mol. The van der Waals surface area contributed by atoms with E-state index in [1.54, 1.807) is 30.3 Å². The van der Waals surface area contributed by atoms with E-state index in [0.717, 1.165) is 0 Å². The number of carbonyl (C=O) groups excluding carboxylic acids is 3. The summed E-state index contributed by atoms with van der Waals surface area (Å²) in [4.78, 5) is 35.1. The predicted octanol–water partition coefficient (Wildman–Crippen LogP) is 2.61. The van der Waals surface area contributed by atoms with Gasteiger partial charge < -0.3 is 4.74 Å². The number of amides is 2. The maximum Gasteiger partial charge on any atom is 0.338 e. The van der Waals surface area contributed by atoms with Crippen molar-refractivity contribution in [2.24, 2.45) is 0 Å². The second-order valence-corrected chi connectivity index (χ2v) is 5.39. The van der Waals surface area contributed by atoms with E-state index in [-0.39, 0.29) is 10.6 Å². The third-order valence-corrected chi connectivity index (χ3v) is 3.58. The number of benzene rings is 2. The van der Waals surface area contributed by atoms with Crippen LogP contribution in [-0.2, 0) is 9.53 Å². The van der Waals surface area contributed by atoms with Crippen LogP contribution in [0.1, 0.15) is 20.7 Å². The van der Waals surface area contributed by atoms with Gasteiger partial charge in [-0.05, 0) is 30.3 Å². The van der Waals surface area contributed by atoms with Gasteiger partial charge in [0.05, 0.1) is 15.6 Å². The quantitative estimate of drug-likeness (QED) is 0.643. The van der Waals surface area contributed by atoms with Gasteiger partial charge in [0.15, 0.2) is 6.61 Å². The number of esters is 1. The average molecular weight is 367 g/mol. The number of hydrogen-bond donors (Lipinski definition) is 2. The normalized spacial score (nSPS) is 9.92. The topological polar surface area (TPSA) is 84.5 Å². The fourth-order valence-electron chi connectivity index (χ4n) is 1.66. The molecular formula is C16H12Cl2N2O4. The molecule has 0 heterocycles. The molecule has 0 radical (unpaired) electrons. The first-order valence-corrected chi connectivity index (χ1v) is 7.49. The van der Waals surface area contributed by atoms with Gasteiger partial charge in [0.1, 0.15) is 0 Å². The molecule has 24 heavy (non-hydrogen) atoms. The molecule has 0 saturated carbocycles. The summed E-state index contributed by atoms with van der Waals surface area (Å²) < 4.78 is 4.82. The van der Waals surface area contributed by atoms with Gasteiger partial charge in [-0.15, -0.1) is 0 Å². The number of ether oxygens (including phenoxy) is 1. The molecule has 0 aliphatic carbocycles. The van der Waals surface area contributed by atoms with Crippen molar-refractivity contribution in [2.45, 2.75) is 0 Å². The van der Waals surface area contributed by atoms with Crippen molar-refractivity contribution in [3.63, 3.8) is 0 Å². The maximum absolute atomic E-state index is 11.8. The van der Waals surface area contributed by atoms with Crippen LogP contribution in [0.15, 0.2) is 48.5 Å². The second kappa shape index (κ2) is 8.33. The average Bonchev–Trinajstić information content (AvgIpc) is 2.60. The van der Waals surface area contributed by atoms with Crippen molar-refractivity contribution in [1.82, 2.24) is 10.9 Å². The summed E-state index contributed by atoms with van der Waals surface area (Å²) in [6.07, 6.45) is 0. The molecule has 2 amide bonds. The third-order valence-electron chi connectivity index (χ3n) is 2.84. The minimum atomic E-state index is -0.738. The van der Waals surface area contributed by atoms with E-state index >= 15 is 0 Å². The molecule has 0 aliphatic heterocycles. The molecule has 0 spiro atoms. The molecule has 2 N–H and O–H groups in total. The van der Waals surface area contributed by atoms with Crippen molar-refractivity contribution >= 4 is 41.0 Å². The highest BCUT2D eigenvalue weighted by molar-refractivity contribution is 6.42. The van der Waals surface area contributed by atoms with E-state index in [2.05, 4.69) is 10.9 Å². The molecule has 124 valence electrons. The lowest BCUT2D eigenvalue weighted by Gasteiger charge is -2.08. The fourth-order valence-corrected chi connectivity index (χ4v) is 1.96. The molecule has 8 heteroatoms. The lowest BCUT2D eigenvalue weighted by Crippen LogP contribution is -2.43. The Bertz CT molecular complexity index is 766. The summed E-state index contributed by atoms with van der Waals surface area (Å²) in [7, 11) is 0. The van der Waals surface area contributed by atoms with Crippen molar-refractivity contribution in [2.75, 3.05) is 6.61 Å². The molecule has 0 aromatic heterocycles. The van der Waals surface area contributed by atoms with Crippen LogP contribution in [0.5, 0.6) is 0 Å². The highest BCUT2D eigenvalue weighted by Gasteiger charge is 2.12. The molecular weight excluding hydrogens is 355 g/mol. The minimum Gasteiger partial charge on any atom is -0.452 e. The van der Waals surface area contributed by atoms with Crippen LogP contribution in [0.25, 0.3) is 0 Å². The van der Waals surface area contributed by atoms with Gasteiger partial charge >= 0.3 is 5.97 Å². The van der Waals surface area contributed by atoms with Crippen molar-refractivity contribution in [1.29, 1.82) is 0 Å². The Morgan fingerprint density at radius 1 is 0.875 bits per heavy atom. The molecule has 0 atom stereocenters. The largest absolute Gasteiger partial charge is 0.452 e. The third kappa shape index (κ3) is 4.97. The highest BCUT2D eigenvalue weighted by atomic mass is 35.5. The molecule has 0 aliphatic rings. The van der Waals surface area contributed by atoms with Gasteiger partial charge in [-0.2, -0.15) is 0 Å². The van der Waals surface area contributed by atoms with Crippen LogP contribution >= 0.6 is 23.2 Å². The number of carbonyl (C=O) groups is 3. The van der Waals surface area contributed by atoms with Crippen molar-refractivity contribution in [3.05, 3.63) is 69.7 Å². The first kappa shape index (κ1) is 17.8. The predicted molar refractivity (Wildman–Crippen MR) is 88.8 cm³/mol. The molecule has 0 saturated heterocycles. The zero-order valence-corrected chi connectivity index (χ0v) is 13.7. The summed E-state index contributed by atoms with van der Waals surface area (Å²) in [6.45, 7) is -0.561. The molecule has 2 rings (SSSR count). The first-order valence-electron chi connectivity index (χ1n) is 6.74. The second-order valence-electron chi connectivity index (χ2n) is 4.57. The molecule has 0 bridgehead atoms. The Hall–Kier alpha value is -2.57. The van der Waals surface area contributed by atoms with Crippen LogP contribution < -0.4 is 10.9 Å². The van der Waals surface area contributed by atoms with Gasteiger partial charge in [0, 0.05) is 5.56 Å². The molecule has 2 aromatic rings. The van der Waals surface area contributed by atoms with Gasteiger partial charge in [-0.1, -0.05) is 41.4 Å². The number of hydrogen-bond acceptors (Lipinski definition) is 4. The van der Waals surface area contributed by atoms with Gasteiger partial charge in [-0.3, -0.25) is 20.4 Å². The van der Waals surface area contributed by atoms with Crippen LogP contribution in [0.2, 0.25) is 10.0 Å². The van der Waals surface area contributed by atoms with Gasteiger partial charge in [-0.25, -0.2) is 4.79 Å².